The van der Waals surface area contributed by atoms with Crippen LogP contribution in [0.2, 0.25) is 0 Å². The van der Waals surface area contributed by atoms with E-state index in [-0.39, 0.29) is 0 Å². The molecule has 0 saturated carbocycles. The molecule has 1 aromatic rings. The number of thiophene rings is 1. The Morgan fingerprint density at radius 3 is 2.88 bits per heavy atom. The third-order valence-corrected chi connectivity index (χ3v) is 2.59. The SMILES string of the molecule is Cc1cc(C=O)c(NC(=O)COC(N)=O)s1. The summed E-state index contributed by atoms with van der Waals surface area (Å²) in [6.07, 6.45) is -0.373. The maximum absolute atomic E-state index is 11.2. The first-order chi connectivity index (χ1) is 7.52. The number of aryl methyl sites for hydroxylation is 1. The molecule has 0 aliphatic rings. The molecule has 0 radical (unpaired) electrons. The van der Waals surface area contributed by atoms with Crippen LogP contribution in [-0.2, 0) is 9.53 Å². The number of aldehydes is 1. The molecule has 0 bridgehead atoms. The summed E-state index contributed by atoms with van der Waals surface area (Å²) in [5.74, 6) is -0.538. The van der Waals surface area contributed by atoms with Crippen LogP contribution in [0.1, 0.15) is 15.2 Å². The molecule has 0 spiro atoms. The number of hydrogen-bond donors (Lipinski definition) is 2. The maximum atomic E-state index is 11.2. The first-order valence-electron chi connectivity index (χ1n) is 4.30. The van der Waals surface area contributed by atoms with Crippen LogP contribution in [0.4, 0.5) is 9.80 Å². The van der Waals surface area contributed by atoms with Crippen LogP contribution in [0.15, 0.2) is 6.07 Å². The minimum Gasteiger partial charge on any atom is -0.440 e. The third-order valence-electron chi connectivity index (χ3n) is 1.61. The Morgan fingerprint density at radius 2 is 2.31 bits per heavy atom. The smallest absolute Gasteiger partial charge is 0.405 e. The zero-order valence-electron chi connectivity index (χ0n) is 8.48. The van der Waals surface area contributed by atoms with Crippen molar-refractivity contribution < 1.29 is 19.1 Å². The minimum absolute atomic E-state index is 0.398. The molecule has 6 nitrogen and oxygen atoms in total. The Hall–Kier alpha value is -1.89. The van der Waals surface area contributed by atoms with Gasteiger partial charge in [-0.25, -0.2) is 4.79 Å². The van der Waals surface area contributed by atoms with Gasteiger partial charge >= 0.3 is 6.09 Å². The van der Waals surface area contributed by atoms with Gasteiger partial charge in [0.15, 0.2) is 12.9 Å². The van der Waals surface area contributed by atoms with Crippen molar-refractivity contribution >= 4 is 34.6 Å². The van der Waals surface area contributed by atoms with Gasteiger partial charge in [0.05, 0.1) is 0 Å². The number of rotatable bonds is 4. The first kappa shape index (κ1) is 12.2. The molecule has 86 valence electrons. The Bertz CT molecular complexity index is 427. The van der Waals surface area contributed by atoms with Crippen molar-refractivity contribution in [3.8, 4) is 0 Å². The number of nitrogens with one attached hydrogen (secondary N) is 1. The highest BCUT2D eigenvalue weighted by Gasteiger charge is 2.10. The molecule has 0 atom stereocenters. The summed E-state index contributed by atoms with van der Waals surface area (Å²) in [5.41, 5.74) is 5.10. The Morgan fingerprint density at radius 1 is 1.62 bits per heavy atom. The van der Waals surface area contributed by atoms with Gasteiger partial charge in [-0.2, -0.15) is 0 Å². The number of nitrogens with two attached hydrogens (primary N) is 1. The summed E-state index contributed by atoms with van der Waals surface area (Å²) in [6, 6.07) is 1.65. The largest absolute Gasteiger partial charge is 0.440 e. The molecule has 2 amide bonds. The molecule has 0 unspecified atom stereocenters. The van der Waals surface area contributed by atoms with Crippen molar-refractivity contribution in [1.82, 2.24) is 0 Å². The number of carbonyl (C=O) groups excluding carboxylic acids is 3. The molecule has 0 fully saturated rings. The van der Waals surface area contributed by atoms with E-state index in [4.69, 9.17) is 5.73 Å². The Kier molecular flexibility index (Phi) is 4.01. The summed E-state index contributed by atoms with van der Waals surface area (Å²) in [4.78, 5) is 33.0. The van der Waals surface area contributed by atoms with E-state index < -0.39 is 18.6 Å². The van der Waals surface area contributed by atoms with Crippen LogP contribution in [0.5, 0.6) is 0 Å². The van der Waals surface area contributed by atoms with E-state index >= 15 is 0 Å². The lowest BCUT2D eigenvalue weighted by Gasteiger charge is -2.03. The van der Waals surface area contributed by atoms with E-state index in [1.54, 1.807) is 6.07 Å². The predicted molar refractivity (Wildman–Crippen MR) is 58.6 cm³/mol. The first-order valence-corrected chi connectivity index (χ1v) is 5.12. The van der Waals surface area contributed by atoms with E-state index in [0.29, 0.717) is 16.9 Å². The number of ether oxygens (including phenoxy) is 1. The summed E-state index contributed by atoms with van der Waals surface area (Å²) in [5, 5.41) is 2.89. The van der Waals surface area contributed by atoms with Gasteiger partial charge in [-0.15, -0.1) is 11.3 Å². The van der Waals surface area contributed by atoms with Gasteiger partial charge in [0.2, 0.25) is 0 Å². The van der Waals surface area contributed by atoms with E-state index in [2.05, 4.69) is 10.1 Å². The van der Waals surface area contributed by atoms with Crippen LogP contribution >= 0.6 is 11.3 Å². The van der Waals surface area contributed by atoms with E-state index in [0.717, 1.165) is 4.88 Å². The lowest BCUT2D eigenvalue weighted by molar-refractivity contribution is -0.118. The van der Waals surface area contributed by atoms with Crippen molar-refractivity contribution in [3.63, 3.8) is 0 Å². The second kappa shape index (κ2) is 5.26. The lowest BCUT2D eigenvalue weighted by atomic mass is 10.3. The van der Waals surface area contributed by atoms with Gasteiger partial charge in [-0.05, 0) is 13.0 Å². The van der Waals surface area contributed by atoms with Gasteiger partial charge in [-0.3, -0.25) is 9.59 Å². The van der Waals surface area contributed by atoms with Crippen LogP contribution in [0.25, 0.3) is 0 Å². The molecule has 1 heterocycles. The van der Waals surface area contributed by atoms with Crippen molar-refractivity contribution in [1.29, 1.82) is 0 Å². The van der Waals surface area contributed by atoms with Crippen LogP contribution in [0.3, 0.4) is 0 Å². The van der Waals surface area contributed by atoms with E-state index in [1.165, 1.54) is 11.3 Å². The van der Waals surface area contributed by atoms with Crippen molar-refractivity contribution in [2.75, 3.05) is 11.9 Å². The van der Waals surface area contributed by atoms with E-state index in [1.807, 2.05) is 6.92 Å². The average Bonchev–Trinajstić information content (AvgIpc) is 2.55. The molecule has 0 saturated heterocycles. The molecule has 3 N–H and O–H groups in total. The molecule has 0 aliphatic heterocycles. The highest BCUT2D eigenvalue weighted by molar-refractivity contribution is 7.16. The fourth-order valence-corrected chi connectivity index (χ4v) is 1.92. The number of anilines is 1. The molecular weight excluding hydrogens is 232 g/mol. The summed E-state index contributed by atoms with van der Waals surface area (Å²) >= 11 is 1.27. The Labute approximate surface area is 95.4 Å². The molecule has 0 aliphatic carbocycles. The van der Waals surface area contributed by atoms with Gasteiger partial charge in [0.25, 0.3) is 5.91 Å². The number of carbonyl (C=O) groups is 3. The zero-order valence-corrected chi connectivity index (χ0v) is 9.30. The fourth-order valence-electron chi connectivity index (χ4n) is 1.02. The monoisotopic (exact) mass is 242 g/mol. The topological polar surface area (TPSA) is 98.5 Å². The second-order valence-corrected chi connectivity index (χ2v) is 4.17. The fraction of sp³-hybridized carbons (Fsp3) is 0.222. The number of primary amides is 1. The van der Waals surface area contributed by atoms with Crippen LogP contribution in [-0.4, -0.2) is 24.9 Å². The average molecular weight is 242 g/mol. The highest BCUT2D eigenvalue weighted by Crippen LogP contribution is 2.25. The second-order valence-electron chi connectivity index (χ2n) is 2.92. The predicted octanol–water partition coefficient (Wildman–Crippen LogP) is 0.903. The minimum atomic E-state index is -1.02. The number of amides is 2. The molecule has 1 rings (SSSR count). The zero-order chi connectivity index (χ0) is 12.1. The maximum Gasteiger partial charge on any atom is 0.405 e. The van der Waals surface area contributed by atoms with Crippen molar-refractivity contribution in [2.45, 2.75) is 6.92 Å². The van der Waals surface area contributed by atoms with Gasteiger partial charge < -0.3 is 15.8 Å². The number of hydrogen-bond acceptors (Lipinski definition) is 5. The lowest BCUT2D eigenvalue weighted by Crippen LogP contribution is -2.23. The summed E-state index contributed by atoms with van der Waals surface area (Å²) in [6.45, 7) is 1.35. The molecule has 1 aromatic heterocycles. The van der Waals surface area contributed by atoms with Crippen molar-refractivity contribution in [3.05, 3.63) is 16.5 Å². The van der Waals surface area contributed by atoms with Gasteiger partial charge in [-0.1, -0.05) is 0 Å². The third kappa shape index (κ3) is 3.35. The van der Waals surface area contributed by atoms with Crippen LogP contribution in [0, 0.1) is 6.92 Å². The van der Waals surface area contributed by atoms with Crippen LogP contribution < -0.4 is 11.1 Å². The highest BCUT2D eigenvalue weighted by atomic mass is 32.1. The summed E-state index contributed by atoms with van der Waals surface area (Å²) in [7, 11) is 0. The molecular formula is C9H10N2O4S. The quantitative estimate of drug-likeness (QED) is 0.766. The summed E-state index contributed by atoms with van der Waals surface area (Å²) < 4.78 is 4.30. The van der Waals surface area contributed by atoms with Crippen molar-refractivity contribution in [2.24, 2.45) is 5.73 Å². The van der Waals surface area contributed by atoms with Gasteiger partial charge in [0, 0.05) is 10.4 Å². The molecule has 0 aromatic carbocycles. The standard InChI is InChI=1S/C9H10N2O4S/c1-5-2-6(3-12)8(16-5)11-7(13)4-15-9(10)14/h2-3H,4H2,1H3,(H2,10,14)(H,11,13). The van der Waals surface area contributed by atoms with Gasteiger partial charge in [0.1, 0.15) is 5.00 Å². The molecule has 16 heavy (non-hydrogen) atoms. The normalized spacial score (nSPS) is 9.56. The van der Waals surface area contributed by atoms with E-state index in [9.17, 15) is 14.4 Å². The Balaban J connectivity index is 2.61. The molecule has 7 heteroatoms.